The number of carbonyl (C=O) groups is 2. The van der Waals surface area contributed by atoms with Gasteiger partial charge in [0, 0.05) is 56.4 Å². The number of ether oxygens (including phenoxy) is 1. The Morgan fingerprint density at radius 3 is 2.67 bits per heavy atom. The number of methoxy groups -OCH3 is 1. The molecule has 0 aliphatic rings. The molecule has 0 aliphatic heterocycles. The molecule has 0 bridgehead atoms. The highest BCUT2D eigenvalue weighted by Crippen LogP contribution is 2.31. The number of hydrogen-bond acceptors (Lipinski definition) is 7. The summed E-state index contributed by atoms with van der Waals surface area (Å²) in [4.78, 5) is 40.6. The Morgan fingerprint density at radius 2 is 2.00 bits per heavy atom. The number of imidazole rings is 1. The monoisotopic (exact) mass is 464 g/mol. The average molecular weight is 465 g/mol. The first kappa shape index (κ1) is 22.6. The number of benzene rings is 1. The van der Waals surface area contributed by atoms with Crippen LogP contribution < -0.4 is 5.32 Å². The Hall–Kier alpha value is -3.63. The molecule has 10 heteroatoms. The first-order chi connectivity index (χ1) is 15.9. The fourth-order valence-electron chi connectivity index (χ4n) is 3.65. The van der Waals surface area contributed by atoms with Gasteiger partial charge in [-0.2, -0.15) is 0 Å². The lowest BCUT2D eigenvalue weighted by atomic mass is 10.1. The summed E-state index contributed by atoms with van der Waals surface area (Å²) in [5, 5.41) is 5.52. The van der Waals surface area contributed by atoms with Crippen molar-refractivity contribution in [2.75, 3.05) is 26.1 Å². The van der Waals surface area contributed by atoms with Gasteiger partial charge in [-0.25, -0.2) is 9.97 Å². The van der Waals surface area contributed by atoms with Crippen molar-refractivity contribution in [3.05, 3.63) is 58.8 Å². The zero-order valence-electron chi connectivity index (χ0n) is 18.8. The summed E-state index contributed by atoms with van der Waals surface area (Å²) in [6.07, 6.45) is 5.11. The maximum atomic E-state index is 13.7. The number of amides is 2. The summed E-state index contributed by atoms with van der Waals surface area (Å²) in [5.74, 6) is 0.178. The number of thiazole rings is 1. The number of aromatic nitrogens is 4. The van der Waals surface area contributed by atoms with Gasteiger partial charge in [-0.15, -0.1) is 11.3 Å². The summed E-state index contributed by atoms with van der Waals surface area (Å²) < 4.78 is 6.80. The van der Waals surface area contributed by atoms with Crippen molar-refractivity contribution in [3.8, 4) is 11.4 Å². The van der Waals surface area contributed by atoms with Gasteiger partial charge in [0.05, 0.1) is 22.6 Å². The fraction of sp³-hybridized carbons (Fsp3) is 0.261. The minimum absolute atomic E-state index is 0.0905. The van der Waals surface area contributed by atoms with Crippen molar-refractivity contribution in [2.24, 2.45) is 7.05 Å². The van der Waals surface area contributed by atoms with E-state index in [0.29, 0.717) is 28.1 Å². The van der Waals surface area contributed by atoms with Gasteiger partial charge in [-0.1, -0.05) is 0 Å². The molecule has 0 fully saturated rings. The fourth-order valence-corrected chi connectivity index (χ4v) is 4.38. The van der Waals surface area contributed by atoms with Gasteiger partial charge >= 0.3 is 0 Å². The van der Waals surface area contributed by atoms with Crippen molar-refractivity contribution in [1.29, 1.82) is 0 Å². The molecule has 1 unspecified atom stereocenters. The Balaban J connectivity index is 1.83. The highest BCUT2D eigenvalue weighted by molar-refractivity contribution is 7.09. The van der Waals surface area contributed by atoms with Crippen LogP contribution in [0.15, 0.2) is 48.2 Å². The van der Waals surface area contributed by atoms with Crippen molar-refractivity contribution >= 4 is 39.9 Å². The number of anilines is 1. The van der Waals surface area contributed by atoms with Gasteiger partial charge in [0.1, 0.15) is 17.4 Å². The number of fused-ring (bicyclic) bond motifs is 1. The van der Waals surface area contributed by atoms with E-state index in [9.17, 15) is 9.59 Å². The highest BCUT2D eigenvalue weighted by Gasteiger charge is 2.25. The number of carbonyl (C=O) groups excluding carboxylic acids is 2. The standard InChI is InChI=1S/C23H24N6O3S/c1-14(22-25-9-10-33-22)28(2)23(31)17-11-16(26-19(30)13-32-4)12-18-20(17)29(3)21(27-18)15-5-7-24-8-6-15/h5-12,14H,13H2,1-4H3,(H,26,30). The second kappa shape index (κ2) is 9.47. The van der Waals surface area contributed by atoms with Gasteiger partial charge in [0.25, 0.3) is 5.91 Å². The van der Waals surface area contributed by atoms with Crippen LogP contribution in [-0.2, 0) is 16.6 Å². The zero-order valence-corrected chi connectivity index (χ0v) is 19.6. The number of aryl methyl sites for hydroxylation is 1. The van der Waals surface area contributed by atoms with E-state index in [4.69, 9.17) is 9.72 Å². The lowest BCUT2D eigenvalue weighted by Gasteiger charge is -2.24. The van der Waals surface area contributed by atoms with Crippen LogP contribution in [0.1, 0.15) is 28.3 Å². The molecule has 1 atom stereocenters. The lowest BCUT2D eigenvalue weighted by Crippen LogP contribution is -2.30. The van der Waals surface area contributed by atoms with Gasteiger partial charge in [0.15, 0.2) is 0 Å². The van der Waals surface area contributed by atoms with Gasteiger partial charge in [0.2, 0.25) is 5.91 Å². The second-order valence-corrected chi connectivity index (χ2v) is 8.49. The summed E-state index contributed by atoms with van der Waals surface area (Å²) in [6, 6.07) is 6.95. The van der Waals surface area contributed by atoms with Crippen LogP contribution in [0.3, 0.4) is 0 Å². The SMILES string of the molecule is COCC(=O)Nc1cc(C(=O)N(C)C(C)c2nccs2)c2c(c1)nc(-c1ccncc1)n2C. The van der Waals surface area contributed by atoms with Crippen molar-refractivity contribution < 1.29 is 14.3 Å². The third-order valence-electron chi connectivity index (χ3n) is 5.41. The van der Waals surface area contributed by atoms with E-state index in [1.54, 1.807) is 42.7 Å². The van der Waals surface area contributed by atoms with Crippen LogP contribution in [0.25, 0.3) is 22.4 Å². The normalized spacial score (nSPS) is 12.0. The predicted octanol–water partition coefficient (Wildman–Crippen LogP) is 3.51. The number of pyridine rings is 1. The molecule has 0 spiro atoms. The molecule has 1 N–H and O–H groups in total. The van der Waals surface area contributed by atoms with Crippen LogP contribution in [-0.4, -0.2) is 57.0 Å². The quantitative estimate of drug-likeness (QED) is 0.449. The van der Waals surface area contributed by atoms with Gasteiger partial charge < -0.3 is 19.5 Å². The van der Waals surface area contributed by atoms with E-state index in [2.05, 4.69) is 15.3 Å². The number of nitrogens with zero attached hydrogens (tertiary/aromatic N) is 5. The minimum atomic E-state index is -0.315. The molecule has 4 aromatic rings. The highest BCUT2D eigenvalue weighted by atomic mass is 32.1. The molecule has 2 amide bonds. The van der Waals surface area contributed by atoms with E-state index in [1.165, 1.54) is 18.4 Å². The Labute approximate surface area is 195 Å². The number of rotatable bonds is 7. The summed E-state index contributed by atoms with van der Waals surface area (Å²) in [6.45, 7) is 1.84. The molecule has 33 heavy (non-hydrogen) atoms. The molecule has 9 nitrogen and oxygen atoms in total. The summed E-state index contributed by atoms with van der Waals surface area (Å²) in [5.41, 5.74) is 3.05. The van der Waals surface area contributed by atoms with Crippen molar-refractivity contribution in [1.82, 2.24) is 24.4 Å². The van der Waals surface area contributed by atoms with E-state index in [0.717, 1.165) is 10.6 Å². The number of nitrogens with one attached hydrogen (secondary N) is 1. The van der Waals surface area contributed by atoms with Crippen LogP contribution in [0.4, 0.5) is 5.69 Å². The van der Waals surface area contributed by atoms with E-state index in [1.807, 2.05) is 36.1 Å². The Morgan fingerprint density at radius 1 is 1.24 bits per heavy atom. The first-order valence-corrected chi connectivity index (χ1v) is 11.1. The van der Waals surface area contributed by atoms with E-state index in [-0.39, 0.29) is 24.5 Å². The topological polar surface area (TPSA) is 102 Å². The second-order valence-electron chi connectivity index (χ2n) is 7.57. The maximum Gasteiger partial charge on any atom is 0.256 e. The van der Waals surface area contributed by atoms with Crippen molar-refractivity contribution in [3.63, 3.8) is 0 Å². The lowest BCUT2D eigenvalue weighted by molar-refractivity contribution is -0.119. The van der Waals surface area contributed by atoms with Crippen LogP contribution >= 0.6 is 11.3 Å². The van der Waals surface area contributed by atoms with Gasteiger partial charge in [-0.05, 0) is 31.2 Å². The predicted molar refractivity (Wildman–Crippen MR) is 127 cm³/mol. The molecule has 3 heterocycles. The molecular weight excluding hydrogens is 440 g/mol. The van der Waals surface area contributed by atoms with Crippen LogP contribution in [0, 0.1) is 0 Å². The maximum absolute atomic E-state index is 13.7. The Kier molecular flexibility index (Phi) is 6.47. The molecule has 170 valence electrons. The van der Waals surface area contributed by atoms with E-state index >= 15 is 0 Å². The van der Waals surface area contributed by atoms with Crippen LogP contribution in [0.5, 0.6) is 0 Å². The molecule has 0 radical (unpaired) electrons. The first-order valence-electron chi connectivity index (χ1n) is 10.3. The molecular formula is C23H24N6O3S. The summed E-state index contributed by atoms with van der Waals surface area (Å²) in [7, 11) is 5.07. The molecule has 1 aromatic carbocycles. The molecule has 0 saturated heterocycles. The molecule has 3 aromatic heterocycles. The third-order valence-corrected chi connectivity index (χ3v) is 6.35. The van der Waals surface area contributed by atoms with Gasteiger partial charge in [-0.3, -0.25) is 14.6 Å². The van der Waals surface area contributed by atoms with Crippen molar-refractivity contribution in [2.45, 2.75) is 13.0 Å². The van der Waals surface area contributed by atoms with E-state index < -0.39 is 0 Å². The number of hydrogen-bond donors (Lipinski definition) is 1. The molecule has 0 aliphatic carbocycles. The average Bonchev–Trinajstić information content (AvgIpc) is 3.46. The Bertz CT molecular complexity index is 1290. The minimum Gasteiger partial charge on any atom is -0.375 e. The zero-order chi connectivity index (χ0) is 23.5. The molecule has 4 rings (SSSR count). The van der Waals surface area contributed by atoms with Crippen LogP contribution in [0.2, 0.25) is 0 Å². The smallest absolute Gasteiger partial charge is 0.256 e. The summed E-state index contributed by atoms with van der Waals surface area (Å²) >= 11 is 1.50. The molecule has 0 saturated carbocycles. The third kappa shape index (κ3) is 4.48. The largest absolute Gasteiger partial charge is 0.375 e.